The Morgan fingerprint density at radius 2 is 1.68 bits per heavy atom. The molecule has 1 saturated heterocycles. The number of carbonyl (C=O) groups excluding carboxylic acids is 3. The van der Waals surface area contributed by atoms with E-state index in [-0.39, 0.29) is 6.54 Å². The van der Waals surface area contributed by atoms with Crippen LogP contribution in [0.5, 0.6) is 0 Å². The summed E-state index contributed by atoms with van der Waals surface area (Å²) in [6.45, 7) is 0.276. The zero-order valence-electron chi connectivity index (χ0n) is 13.4. The van der Waals surface area contributed by atoms with E-state index >= 15 is 0 Å². The average Bonchev–Trinajstić information content (AvgIpc) is 2.89. The van der Waals surface area contributed by atoms with Crippen LogP contribution in [0.15, 0.2) is 54.6 Å². The van der Waals surface area contributed by atoms with E-state index in [0.29, 0.717) is 11.4 Å². The zero-order valence-corrected chi connectivity index (χ0v) is 14.1. The lowest BCUT2D eigenvalue weighted by atomic mass is 9.97. The first-order valence-corrected chi connectivity index (χ1v) is 8.32. The van der Waals surface area contributed by atoms with Gasteiger partial charge in [0.2, 0.25) is 11.8 Å². The number of Topliss-reactive ketones (excluding diaryl/α,β-unsaturated/α-hetero) is 1. The van der Waals surface area contributed by atoms with E-state index in [4.69, 9.17) is 11.6 Å². The molecular formula is C19H17ClN2O3. The fourth-order valence-electron chi connectivity index (χ4n) is 2.80. The molecule has 2 aromatic carbocycles. The second-order valence-corrected chi connectivity index (χ2v) is 6.37. The molecular weight excluding hydrogens is 340 g/mol. The van der Waals surface area contributed by atoms with Crippen LogP contribution in [0.1, 0.15) is 11.1 Å². The van der Waals surface area contributed by atoms with Crippen molar-refractivity contribution in [3.8, 4) is 0 Å². The van der Waals surface area contributed by atoms with Crippen molar-refractivity contribution in [3.05, 3.63) is 70.7 Å². The minimum atomic E-state index is -1.29. The van der Waals surface area contributed by atoms with Crippen molar-refractivity contribution in [2.75, 3.05) is 0 Å². The fraction of sp³-hybridized carbons (Fsp3) is 0.211. The van der Waals surface area contributed by atoms with Crippen molar-refractivity contribution in [2.24, 2.45) is 5.92 Å². The summed E-state index contributed by atoms with van der Waals surface area (Å²) in [5, 5.41) is 5.87. The Bertz CT molecular complexity index is 790. The molecule has 0 aromatic heterocycles. The quantitative estimate of drug-likeness (QED) is 0.803. The number of hydrogen-bond acceptors (Lipinski definition) is 3. The lowest BCUT2D eigenvalue weighted by Crippen LogP contribution is -2.37. The van der Waals surface area contributed by atoms with Gasteiger partial charge in [0.1, 0.15) is 0 Å². The third-order valence-corrected chi connectivity index (χ3v) is 4.38. The summed E-state index contributed by atoms with van der Waals surface area (Å²) in [5.74, 6) is -2.80. The second kappa shape index (κ2) is 7.49. The van der Waals surface area contributed by atoms with Crippen LogP contribution in [0, 0.1) is 5.92 Å². The number of amides is 2. The summed E-state index contributed by atoms with van der Waals surface area (Å²) < 4.78 is 0. The SMILES string of the molecule is O=C(NCc1ccccc1)C1C(=O)NC(Cc2ccc(Cl)cc2)C1=O. The van der Waals surface area contributed by atoms with Crippen molar-refractivity contribution in [3.63, 3.8) is 0 Å². The molecule has 2 unspecified atom stereocenters. The molecule has 2 N–H and O–H groups in total. The molecule has 1 fully saturated rings. The van der Waals surface area contributed by atoms with Crippen LogP contribution >= 0.6 is 11.6 Å². The van der Waals surface area contributed by atoms with Crippen LogP contribution in [0.3, 0.4) is 0 Å². The van der Waals surface area contributed by atoms with Gasteiger partial charge in [0.25, 0.3) is 0 Å². The molecule has 6 heteroatoms. The smallest absolute Gasteiger partial charge is 0.240 e. The molecule has 2 atom stereocenters. The van der Waals surface area contributed by atoms with Gasteiger partial charge in [0, 0.05) is 11.6 Å². The average molecular weight is 357 g/mol. The normalized spacial score (nSPS) is 19.6. The van der Waals surface area contributed by atoms with E-state index in [9.17, 15) is 14.4 Å². The van der Waals surface area contributed by atoms with E-state index in [1.54, 1.807) is 24.3 Å². The molecule has 0 spiro atoms. The van der Waals surface area contributed by atoms with Crippen molar-refractivity contribution in [1.82, 2.24) is 10.6 Å². The van der Waals surface area contributed by atoms with Gasteiger partial charge in [-0.1, -0.05) is 54.1 Å². The third-order valence-electron chi connectivity index (χ3n) is 4.13. The van der Waals surface area contributed by atoms with Crippen LogP contribution < -0.4 is 10.6 Å². The topological polar surface area (TPSA) is 75.3 Å². The molecule has 1 aliphatic rings. The highest BCUT2D eigenvalue weighted by Crippen LogP contribution is 2.17. The van der Waals surface area contributed by atoms with E-state index in [2.05, 4.69) is 10.6 Å². The number of benzene rings is 2. The van der Waals surface area contributed by atoms with E-state index in [1.807, 2.05) is 30.3 Å². The first kappa shape index (κ1) is 17.2. The lowest BCUT2D eigenvalue weighted by molar-refractivity contribution is -0.137. The molecule has 1 heterocycles. The van der Waals surface area contributed by atoms with Crippen LogP contribution in [0.2, 0.25) is 5.02 Å². The first-order chi connectivity index (χ1) is 12.0. The highest BCUT2D eigenvalue weighted by molar-refractivity contribution is 6.30. The maximum absolute atomic E-state index is 12.5. The van der Waals surface area contributed by atoms with Gasteiger partial charge in [0.15, 0.2) is 11.7 Å². The molecule has 1 aliphatic heterocycles. The minimum absolute atomic E-state index is 0.276. The highest BCUT2D eigenvalue weighted by atomic mass is 35.5. The maximum atomic E-state index is 12.5. The van der Waals surface area contributed by atoms with Gasteiger partial charge in [-0.25, -0.2) is 0 Å². The van der Waals surface area contributed by atoms with E-state index in [1.165, 1.54) is 0 Å². The molecule has 0 saturated carbocycles. The minimum Gasteiger partial charge on any atom is -0.351 e. The number of nitrogens with one attached hydrogen (secondary N) is 2. The second-order valence-electron chi connectivity index (χ2n) is 5.93. The Morgan fingerprint density at radius 1 is 1.00 bits per heavy atom. The van der Waals surface area contributed by atoms with Gasteiger partial charge in [-0.3, -0.25) is 14.4 Å². The predicted molar refractivity (Wildman–Crippen MR) is 93.9 cm³/mol. The Hall–Kier alpha value is -2.66. The Morgan fingerprint density at radius 3 is 2.36 bits per heavy atom. The summed E-state index contributed by atoms with van der Waals surface area (Å²) in [5.41, 5.74) is 1.77. The summed E-state index contributed by atoms with van der Waals surface area (Å²) in [7, 11) is 0. The van der Waals surface area contributed by atoms with Crippen molar-refractivity contribution < 1.29 is 14.4 Å². The number of ketones is 1. The molecule has 5 nitrogen and oxygen atoms in total. The molecule has 25 heavy (non-hydrogen) atoms. The largest absolute Gasteiger partial charge is 0.351 e. The van der Waals surface area contributed by atoms with Crippen molar-refractivity contribution >= 4 is 29.2 Å². The number of carbonyl (C=O) groups is 3. The van der Waals surface area contributed by atoms with E-state index in [0.717, 1.165) is 11.1 Å². The summed E-state index contributed by atoms with van der Waals surface area (Å²) >= 11 is 5.84. The molecule has 2 aromatic rings. The van der Waals surface area contributed by atoms with Gasteiger partial charge < -0.3 is 10.6 Å². The van der Waals surface area contributed by atoms with Gasteiger partial charge >= 0.3 is 0 Å². The van der Waals surface area contributed by atoms with Gasteiger partial charge in [0.05, 0.1) is 6.04 Å². The number of halogens is 1. The molecule has 0 aliphatic carbocycles. The summed E-state index contributed by atoms with van der Waals surface area (Å²) in [6.07, 6.45) is 0.338. The number of hydrogen-bond donors (Lipinski definition) is 2. The van der Waals surface area contributed by atoms with Crippen LogP contribution in [0.25, 0.3) is 0 Å². The van der Waals surface area contributed by atoms with Crippen molar-refractivity contribution in [2.45, 2.75) is 19.0 Å². The Labute approximate surface area is 150 Å². The van der Waals surface area contributed by atoms with Crippen molar-refractivity contribution in [1.29, 1.82) is 0 Å². The predicted octanol–water partition coefficient (Wildman–Crippen LogP) is 1.88. The molecule has 2 amide bonds. The van der Waals surface area contributed by atoms with Crippen LogP contribution in [-0.2, 0) is 27.3 Å². The van der Waals surface area contributed by atoms with Crippen LogP contribution in [-0.4, -0.2) is 23.6 Å². The summed E-state index contributed by atoms with van der Waals surface area (Å²) in [4.78, 5) is 36.8. The van der Waals surface area contributed by atoms with Gasteiger partial charge in [-0.15, -0.1) is 0 Å². The Kier molecular flexibility index (Phi) is 5.14. The van der Waals surface area contributed by atoms with E-state index < -0.39 is 29.6 Å². The van der Waals surface area contributed by atoms with Gasteiger partial charge in [-0.05, 0) is 29.7 Å². The van der Waals surface area contributed by atoms with Crippen LogP contribution in [0.4, 0.5) is 0 Å². The molecule has 0 radical (unpaired) electrons. The molecule has 3 rings (SSSR count). The Balaban J connectivity index is 1.62. The standard InChI is InChI=1S/C19H17ClN2O3/c20-14-8-6-12(7-9-14)10-15-17(23)16(19(25)22-15)18(24)21-11-13-4-2-1-3-5-13/h1-9,15-16H,10-11H2,(H,21,24)(H,22,25). The lowest BCUT2D eigenvalue weighted by Gasteiger charge is -2.10. The monoisotopic (exact) mass is 356 g/mol. The maximum Gasteiger partial charge on any atom is 0.240 e. The fourth-order valence-corrected chi connectivity index (χ4v) is 2.93. The first-order valence-electron chi connectivity index (χ1n) is 7.95. The van der Waals surface area contributed by atoms with Gasteiger partial charge in [-0.2, -0.15) is 0 Å². The third kappa shape index (κ3) is 4.06. The zero-order chi connectivity index (χ0) is 17.8. The summed E-state index contributed by atoms with van der Waals surface area (Å²) in [6, 6.07) is 15.7. The highest BCUT2D eigenvalue weighted by Gasteiger charge is 2.45. The molecule has 0 bridgehead atoms. The number of rotatable bonds is 5. The molecule has 128 valence electrons.